The molecule has 1 heterocycles. The summed E-state index contributed by atoms with van der Waals surface area (Å²) in [4.78, 5) is 15.0. The van der Waals surface area contributed by atoms with Gasteiger partial charge in [0.05, 0.1) is 5.56 Å². The number of nitrogens with one attached hydrogen (secondary N) is 1. The third-order valence-electron chi connectivity index (χ3n) is 5.13. The van der Waals surface area contributed by atoms with Gasteiger partial charge in [0, 0.05) is 18.1 Å². The van der Waals surface area contributed by atoms with E-state index in [1.165, 1.54) is 6.42 Å². The number of carbonyl (C=O) groups excluding carboxylic acids is 1. The summed E-state index contributed by atoms with van der Waals surface area (Å²) < 4.78 is 5.95. The van der Waals surface area contributed by atoms with Crippen LogP contribution in [-0.4, -0.2) is 37.5 Å². The van der Waals surface area contributed by atoms with Crippen molar-refractivity contribution in [3.05, 3.63) is 64.7 Å². The van der Waals surface area contributed by atoms with E-state index in [4.69, 9.17) is 16.3 Å². The number of nitrogens with zero attached hydrogens (tertiary/aromatic N) is 1. The number of likely N-dealkylation sites (tertiary alicyclic amines) is 1. The summed E-state index contributed by atoms with van der Waals surface area (Å²) in [5.74, 6) is 1.40. The van der Waals surface area contributed by atoms with Gasteiger partial charge in [0.2, 0.25) is 0 Å². The Bertz CT molecular complexity index is 740. The molecule has 0 bridgehead atoms. The Hall–Kier alpha value is -2.04. The highest BCUT2D eigenvalue weighted by atomic mass is 35.5. The van der Waals surface area contributed by atoms with E-state index in [1.807, 2.05) is 60.5 Å². The fraction of sp³-hybridized carbons (Fsp3) is 0.409. The largest absolute Gasteiger partial charge is 0.488 e. The number of ether oxygens (including phenoxy) is 1. The van der Waals surface area contributed by atoms with Crippen molar-refractivity contribution >= 4 is 17.5 Å². The summed E-state index contributed by atoms with van der Waals surface area (Å²) in [7, 11) is 1.99. The van der Waals surface area contributed by atoms with E-state index in [9.17, 15) is 4.79 Å². The second-order valence-electron chi connectivity index (χ2n) is 7.04. The Morgan fingerprint density at radius 3 is 2.56 bits per heavy atom. The van der Waals surface area contributed by atoms with Gasteiger partial charge in [0.25, 0.3) is 5.91 Å². The minimum absolute atomic E-state index is 0.0637. The van der Waals surface area contributed by atoms with Crippen molar-refractivity contribution in [1.29, 1.82) is 0 Å². The third kappa shape index (κ3) is 5.47. The van der Waals surface area contributed by atoms with E-state index >= 15 is 0 Å². The number of carbonyl (C=O) groups is 1. The van der Waals surface area contributed by atoms with Crippen LogP contribution in [0.3, 0.4) is 0 Å². The van der Waals surface area contributed by atoms with E-state index in [-0.39, 0.29) is 5.91 Å². The zero-order valence-corrected chi connectivity index (χ0v) is 16.5. The molecule has 27 heavy (non-hydrogen) atoms. The van der Waals surface area contributed by atoms with Crippen molar-refractivity contribution in [1.82, 2.24) is 10.2 Å². The van der Waals surface area contributed by atoms with Crippen LogP contribution in [0.4, 0.5) is 0 Å². The number of benzene rings is 2. The molecule has 0 aliphatic carbocycles. The Kier molecular flexibility index (Phi) is 7.13. The summed E-state index contributed by atoms with van der Waals surface area (Å²) in [6.07, 6.45) is 3.32. The Labute approximate surface area is 166 Å². The molecule has 0 atom stereocenters. The molecule has 2 aromatic rings. The molecule has 0 unspecified atom stereocenters. The summed E-state index contributed by atoms with van der Waals surface area (Å²) in [5.41, 5.74) is 1.66. The number of amides is 1. The topological polar surface area (TPSA) is 41.6 Å². The first kappa shape index (κ1) is 19.7. The predicted molar refractivity (Wildman–Crippen MR) is 109 cm³/mol. The maximum absolute atomic E-state index is 13.0. The van der Waals surface area contributed by atoms with Crippen LogP contribution in [-0.2, 0) is 6.61 Å². The molecule has 2 aromatic carbocycles. The number of para-hydroxylation sites is 1. The molecule has 1 amide bonds. The molecule has 1 N–H and O–H groups in total. The third-order valence-corrected chi connectivity index (χ3v) is 5.38. The van der Waals surface area contributed by atoms with E-state index < -0.39 is 0 Å². The van der Waals surface area contributed by atoms with Gasteiger partial charge in [-0.25, -0.2) is 0 Å². The highest BCUT2D eigenvalue weighted by Gasteiger charge is 2.25. The van der Waals surface area contributed by atoms with Gasteiger partial charge < -0.3 is 15.0 Å². The summed E-state index contributed by atoms with van der Waals surface area (Å²) in [6.45, 7) is 3.09. The van der Waals surface area contributed by atoms with Gasteiger partial charge in [-0.1, -0.05) is 35.9 Å². The first-order valence-electron chi connectivity index (χ1n) is 9.57. The van der Waals surface area contributed by atoms with Crippen LogP contribution >= 0.6 is 11.6 Å². The van der Waals surface area contributed by atoms with Crippen molar-refractivity contribution < 1.29 is 9.53 Å². The predicted octanol–water partition coefficient (Wildman–Crippen LogP) is 4.38. The molecule has 5 heteroatoms. The lowest BCUT2D eigenvalue weighted by molar-refractivity contribution is 0.0682. The molecule has 1 saturated heterocycles. The molecule has 0 radical (unpaired) electrons. The van der Waals surface area contributed by atoms with Gasteiger partial charge >= 0.3 is 0 Å². The molecule has 1 aliphatic rings. The summed E-state index contributed by atoms with van der Waals surface area (Å²) in [6, 6.07) is 15.1. The van der Waals surface area contributed by atoms with Crippen molar-refractivity contribution in [3.8, 4) is 5.75 Å². The number of hydrogen-bond acceptors (Lipinski definition) is 3. The van der Waals surface area contributed by atoms with Crippen LogP contribution in [0.1, 0.15) is 35.2 Å². The first-order chi connectivity index (χ1) is 13.2. The van der Waals surface area contributed by atoms with Crippen LogP contribution < -0.4 is 10.1 Å². The molecule has 0 spiro atoms. The van der Waals surface area contributed by atoms with Crippen LogP contribution in [0.2, 0.25) is 5.02 Å². The molecular formula is C22H27ClN2O2. The zero-order valence-electron chi connectivity index (χ0n) is 15.8. The zero-order chi connectivity index (χ0) is 19.1. The quantitative estimate of drug-likeness (QED) is 0.767. The van der Waals surface area contributed by atoms with Gasteiger partial charge in [-0.15, -0.1) is 0 Å². The van der Waals surface area contributed by atoms with Crippen molar-refractivity contribution in [2.24, 2.45) is 5.92 Å². The lowest BCUT2D eigenvalue weighted by Gasteiger charge is -2.32. The fourth-order valence-electron chi connectivity index (χ4n) is 3.45. The smallest absolute Gasteiger partial charge is 0.257 e. The van der Waals surface area contributed by atoms with Crippen molar-refractivity contribution in [2.45, 2.75) is 25.9 Å². The Balaban J connectivity index is 1.61. The standard InChI is InChI=1S/C22H27ClN2O2/c1-24-13-10-17-11-14-25(15-12-17)22(26)20-4-2-3-5-21(20)27-16-18-6-8-19(23)9-7-18/h2-9,17,24H,10-16H2,1H3. The van der Waals surface area contributed by atoms with Gasteiger partial charge in [0.15, 0.2) is 0 Å². The minimum Gasteiger partial charge on any atom is -0.488 e. The monoisotopic (exact) mass is 386 g/mol. The molecule has 1 fully saturated rings. The lowest BCUT2D eigenvalue weighted by Crippen LogP contribution is -2.39. The number of rotatable bonds is 7. The van der Waals surface area contributed by atoms with E-state index in [1.54, 1.807) is 0 Å². The molecule has 0 aromatic heterocycles. The highest BCUT2D eigenvalue weighted by molar-refractivity contribution is 6.30. The van der Waals surface area contributed by atoms with Crippen molar-refractivity contribution in [2.75, 3.05) is 26.7 Å². The molecule has 1 aliphatic heterocycles. The van der Waals surface area contributed by atoms with Gasteiger partial charge in [-0.05, 0) is 68.6 Å². The lowest BCUT2D eigenvalue weighted by atomic mass is 9.93. The van der Waals surface area contributed by atoms with Crippen molar-refractivity contribution in [3.63, 3.8) is 0 Å². The normalized spacial score (nSPS) is 15.0. The van der Waals surface area contributed by atoms with E-state index in [0.717, 1.165) is 38.0 Å². The van der Waals surface area contributed by atoms with E-state index in [0.29, 0.717) is 28.9 Å². The maximum atomic E-state index is 13.0. The summed E-state index contributed by atoms with van der Waals surface area (Å²) in [5, 5.41) is 3.91. The second kappa shape index (κ2) is 9.77. The number of halogens is 1. The molecule has 144 valence electrons. The molecule has 0 saturated carbocycles. The first-order valence-corrected chi connectivity index (χ1v) is 9.95. The van der Waals surface area contributed by atoms with E-state index in [2.05, 4.69) is 5.32 Å². The fourth-order valence-corrected chi connectivity index (χ4v) is 3.58. The van der Waals surface area contributed by atoms with Gasteiger partial charge in [-0.2, -0.15) is 0 Å². The summed E-state index contributed by atoms with van der Waals surface area (Å²) >= 11 is 5.93. The molecule has 3 rings (SSSR count). The van der Waals surface area contributed by atoms with Crippen LogP contribution in [0.5, 0.6) is 5.75 Å². The second-order valence-corrected chi connectivity index (χ2v) is 7.48. The number of hydrogen-bond donors (Lipinski definition) is 1. The minimum atomic E-state index is 0.0637. The average molecular weight is 387 g/mol. The maximum Gasteiger partial charge on any atom is 0.257 e. The molecule has 4 nitrogen and oxygen atoms in total. The van der Waals surface area contributed by atoms with Crippen LogP contribution in [0.25, 0.3) is 0 Å². The Morgan fingerprint density at radius 1 is 1.15 bits per heavy atom. The Morgan fingerprint density at radius 2 is 1.85 bits per heavy atom. The average Bonchev–Trinajstić information content (AvgIpc) is 2.72. The van der Waals surface area contributed by atoms with Gasteiger partial charge in [-0.3, -0.25) is 4.79 Å². The van der Waals surface area contributed by atoms with Gasteiger partial charge in [0.1, 0.15) is 12.4 Å². The number of piperidine rings is 1. The SMILES string of the molecule is CNCCC1CCN(C(=O)c2ccccc2OCc2ccc(Cl)cc2)CC1. The molecular weight excluding hydrogens is 360 g/mol. The van der Waals surface area contributed by atoms with Crippen LogP contribution in [0.15, 0.2) is 48.5 Å². The highest BCUT2D eigenvalue weighted by Crippen LogP contribution is 2.25. The van der Waals surface area contributed by atoms with Crippen LogP contribution in [0, 0.1) is 5.92 Å².